The number of thiazole rings is 1. The third-order valence-corrected chi connectivity index (χ3v) is 4.66. The lowest BCUT2D eigenvalue weighted by molar-refractivity contribution is 0.00578. The molecule has 1 fully saturated rings. The summed E-state index contributed by atoms with van der Waals surface area (Å²) in [5, 5.41) is 0.790. The quantitative estimate of drug-likeness (QED) is 0.630. The van der Waals surface area contributed by atoms with Crippen LogP contribution >= 0.6 is 11.3 Å². The van der Waals surface area contributed by atoms with Gasteiger partial charge in [-0.2, -0.15) is 0 Å². The highest BCUT2D eigenvalue weighted by Gasteiger charge is 2.53. The lowest BCUT2D eigenvalue weighted by Gasteiger charge is -2.32. The minimum absolute atomic E-state index is 0.332. The molecule has 7 heteroatoms. The summed E-state index contributed by atoms with van der Waals surface area (Å²) < 4.78 is 17.0. The number of carbonyl (C=O) groups excluding carboxylic acids is 1. The summed E-state index contributed by atoms with van der Waals surface area (Å²) >= 11 is 1.30. The van der Waals surface area contributed by atoms with Gasteiger partial charge in [-0.25, -0.2) is 9.78 Å². The second kappa shape index (κ2) is 5.13. The van der Waals surface area contributed by atoms with Gasteiger partial charge in [0.15, 0.2) is 0 Å². The molecule has 1 aromatic heterocycles. The molecule has 0 bridgehead atoms. The lowest BCUT2D eigenvalue weighted by atomic mass is 9.84. The van der Waals surface area contributed by atoms with Crippen LogP contribution in [0.3, 0.4) is 0 Å². The molecule has 1 saturated heterocycles. The van der Waals surface area contributed by atoms with Crippen LogP contribution in [0, 0.1) is 6.92 Å². The van der Waals surface area contributed by atoms with Crippen molar-refractivity contribution in [2.24, 2.45) is 0 Å². The van der Waals surface area contributed by atoms with Gasteiger partial charge in [-0.3, -0.25) is 0 Å². The van der Waals surface area contributed by atoms with E-state index in [1.807, 2.05) is 34.6 Å². The van der Waals surface area contributed by atoms with Crippen molar-refractivity contribution in [2.75, 3.05) is 6.61 Å². The van der Waals surface area contributed by atoms with Crippen LogP contribution in [0.2, 0.25) is 0 Å². The average molecular weight is 297 g/mol. The van der Waals surface area contributed by atoms with Crippen LogP contribution < -0.4 is 5.59 Å². The number of ether oxygens (including phenoxy) is 1. The Balaban J connectivity index is 2.33. The summed E-state index contributed by atoms with van der Waals surface area (Å²) in [5.74, 6) is -0.372. The highest BCUT2D eigenvalue weighted by Crippen LogP contribution is 2.36. The summed E-state index contributed by atoms with van der Waals surface area (Å²) in [6.07, 6.45) is 0. The van der Waals surface area contributed by atoms with Crippen molar-refractivity contribution >= 4 is 30.0 Å². The largest absolute Gasteiger partial charge is 0.516 e. The van der Waals surface area contributed by atoms with Gasteiger partial charge in [0.2, 0.25) is 0 Å². The normalized spacial score (nSPS) is 20.2. The second-order valence-corrected chi connectivity index (χ2v) is 6.96. The highest BCUT2D eigenvalue weighted by atomic mass is 32.1. The zero-order chi connectivity index (χ0) is 15.1. The maximum atomic E-state index is 12.0. The number of hydrogen-bond acceptors (Lipinski definition) is 6. The number of esters is 1. The Morgan fingerprint density at radius 3 is 2.35 bits per heavy atom. The fraction of sp³-hybridized carbons (Fsp3) is 0.692. The molecule has 0 aliphatic carbocycles. The van der Waals surface area contributed by atoms with Gasteiger partial charge in [0.05, 0.1) is 28.4 Å². The summed E-state index contributed by atoms with van der Waals surface area (Å²) in [5.41, 5.74) is -0.396. The van der Waals surface area contributed by atoms with Crippen LogP contribution in [0.5, 0.6) is 0 Å². The lowest BCUT2D eigenvalue weighted by Crippen LogP contribution is -2.41. The Morgan fingerprint density at radius 2 is 1.85 bits per heavy atom. The molecule has 1 aliphatic heterocycles. The van der Waals surface area contributed by atoms with Crippen LogP contribution in [-0.2, 0) is 14.0 Å². The van der Waals surface area contributed by atoms with E-state index >= 15 is 0 Å². The summed E-state index contributed by atoms with van der Waals surface area (Å²) in [7, 11) is -0.635. The van der Waals surface area contributed by atoms with E-state index in [1.165, 1.54) is 11.3 Å². The van der Waals surface area contributed by atoms with E-state index < -0.39 is 18.3 Å². The fourth-order valence-corrected chi connectivity index (χ4v) is 2.73. The number of aromatic nitrogens is 1. The highest BCUT2D eigenvalue weighted by molar-refractivity contribution is 7.14. The van der Waals surface area contributed by atoms with Crippen molar-refractivity contribution < 1.29 is 18.8 Å². The second-order valence-electron chi connectivity index (χ2n) is 5.76. The predicted octanol–water partition coefficient (Wildman–Crippen LogP) is 1.93. The molecule has 0 atom stereocenters. The Bertz CT molecular complexity index is 510. The van der Waals surface area contributed by atoms with E-state index in [0.29, 0.717) is 17.1 Å². The molecule has 1 aromatic rings. The first-order valence-electron chi connectivity index (χ1n) is 6.68. The van der Waals surface area contributed by atoms with Crippen molar-refractivity contribution in [3.05, 3.63) is 9.88 Å². The first-order chi connectivity index (χ1) is 9.18. The van der Waals surface area contributed by atoms with Gasteiger partial charge in [-0.05, 0) is 41.5 Å². The van der Waals surface area contributed by atoms with Crippen LogP contribution in [-0.4, -0.2) is 35.9 Å². The molecule has 0 amide bonds. The molecular weight excluding hydrogens is 277 g/mol. The average Bonchev–Trinajstić information content (AvgIpc) is 2.78. The van der Waals surface area contributed by atoms with Gasteiger partial charge in [0.1, 0.15) is 4.88 Å². The van der Waals surface area contributed by atoms with Crippen LogP contribution in [0.1, 0.15) is 49.3 Å². The molecule has 0 saturated carbocycles. The van der Waals surface area contributed by atoms with E-state index in [4.69, 9.17) is 14.0 Å². The van der Waals surface area contributed by atoms with Gasteiger partial charge in [0.25, 0.3) is 0 Å². The molecule has 0 spiro atoms. The molecular formula is C13H20BNO4S. The van der Waals surface area contributed by atoms with Gasteiger partial charge in [0, 0.05) is 0 Å². The molecule has 2 rings (SSSR count). The Morgan fingerprint density at radius 1 is 1.30 bits per heavy atom. The maximum Gasteiger partial charge on any atom is 0.516 e. The molecule has 20 heavy (non-hydrogen) atoms. The molecule has 110 valence electrons. The van der Waals surface area contributed by atoms with Crippen LogP contribution in [0.25, 0.3) is 0 Å². The van der Waals surface area contributed by atoms with Gasteiger partial charge < -0.3 is 14.0 Å². The zero-order valence-electron chi connectivity index (χ0n) is 12.8. The van der Waals surface area contributed by atoms with E-state index in [2.05, 4.69) is 4.98 Å². The summed E-state index contributed by atoms with van der Waals surface area (Å²) in [6, 6.07) is 0. The van der Waals surface area contributed by atoms with Gasteiger partial charge in [-0.1, -0.05) is 0 Å². The van der Waals surface area contributed by atoms with Gasteiger partial charge >= 0.3 is 13.1 Å². The fourth-order valence-electron chi connectivity index (χ4n) is 1.90. The van der Waals surface area contributed by atoms with Crippen molar-refractivity contribution in [3.63, 3.8) is 0 Å². The summed E-state index contributed by atoms with van der Waals surface area (Å²) in [4.78, 5) is 16.9. The minimum Gasteiger partial charge on any atom is -0.462 e. The van der Waals surface area contributed by atoms with Crippen LogP contribution in [0.4, 0.5) is 0 Å². The Hall–Kier alpha value is -0.915. The first kappa shape index (κ1) is 15.5. The smallest absolute Gasteiger partial charge is 0.462 e. The molecule has 2 heterocycles. The van der Waals surface area contributed by atoms with Gasteiger partial charge in [-0.15, -0.1) is 11.3 Å². The molecule has 0 unspecified atom stereocenters. The Kier molecular flexibility index (Phi) is 3.97. The SMILES string of the molecule is CCOC(=O)c1sc(C)nc1B1OC(C)(C)C(C)(C)O1. The zero-order valence-corrected chi connectivity index (χ0v) is 13.6. The molecule has 1 aliphatic rings. The van der Waals surface area contributed by atoms with Crippen molar-refractivity contribution in [1.82, 2.24) is 4.98 Å². The Labute approximate surface area is 123 Å². The van der Waals surface area contributed by atoms with Crippen LogP contribution in [0.15, 0.2) is 0 Å². The number of nitrogens with zero attached hydrogens (tertiary/aromatic N) is 1. The topological polar surface area (TPSA) is 57.7 Å². The standard InChI is InChI=1S/C13H20BNO4S/c1-7-17-11(16)9-10(15-8(2)20-9)14-18-12(3,4)13(5,6)19-14/h7H2,1-6H3. The van der Waals surface area contributed by atoms with E-state index in [9.17, 15) is 4.79 Å². The maximum absolute atomic E-state index is 12.0. The molecule has 0 N–H and O–H groups in total. The monoisotopic (exact) mass is 297 g/mol. The predicted molar refractivity (Wildman–Crippen MR) is 78.5 cm³/mol. The van der Waals surface area contributed by atoms with E-state index in [-0.39, 0.29) is 5.97 Å². The first-order valence-corrected chi connectivity index (χ1v) is 7.49. The van der Waals surface area contributed by atoms with E-state index in [1.54, 1.807) is 6.92 Å². The molecule has 0 aromatic carbocycles. The number of aryl methyl sites for hydroxylation is 1. The number of rotatable bonds is 3. The number of carbonyl (C=O) groups is 1. The molecule has 0 radical (unpaired) electrons. The third-order valence-electron chi connectivity index (χ3n) is 3.70. The molecule has 5 nitrogen and oxygen atoms in total. The minimum atomic E-state index is -0.635. The number of hydrogen-bond donors (Lipinski definition) is 0. The van der Waals surface area contributed by atoms with Crippen molar-refractivity contribution in [2.45, 2.75) is 52.7 Å². The third kappa shape index (κ3) is 2.62. The van der Waals surface area contributed by atoms with Crippen molar-refractivity contribution in [3.8, 4) is 0 Å². The van der Waals surface area contributed by atoms with E-state index in [0.717, 1.165) is 5.01 Å². The van der Waals surface area contributed by atoms with Crippen molar-refractivity contribution in [1.29, 1.82) is 0 Å². The summed E-state index contributed by atoms with van der Waals surface area (Å²) in [6.45, 7) is 11.8.